The van der Waals surface area contributed by atoms with Crippen molar-refractivity contribution in [2.24, 2.45) is 5.92 Å². The van der Waals surface area contributed by atoms with Crippen LogP contribution >= 0.6 is 0 Å². The van der Waals surface area contributed by atoms with Crippen LogP contribution in [-0.2, 0) is 0 Å². The molecule has 0 saturated carbocycles. The van der Waals surface area contributed by atoms with Crippen LogP contribution in [0.15, 0.2) is 188 Å². The van der Waals surface area contributed by atoms with Gasteiger partial charge in [-0.1, -0.05) is 146 Å². The lowest BCUT2D eigenvalue weighted by molar-refractivity contribution is 0.697. The fraction of sp³-hybridized carbons (Fsp3) is 0.0417. The summed E-state index contributed by atoms with van der Waals surface area (Å²) in [7, 11) is 0. The molecule has 10 rings (SSSR count). The lowest BCUT2D eigenvalue weighted by Gasteiger charge is -2.33. The van der Waals surface area contributed by atoms with E-state index in [1.54, 1.807) is 0 Å². The van der Waals surface area contributed by atoms with Crippen LogP contribution in [0.5, 0.6) is 0 Å². The molecule has 50 heavy (non-hydrogen) atoms. The normalized spacial score (nSPS) is 16.2. The van der Waals surface area contributed by atoms with Gasteiger partial charge in [0.25, 0.3) is 0 Å². The maximum Gasteiger partial charge on any atom is 0.0546 e. The van der Waals surface area contributed by atoms with E-state index in [1.165, 1.54) is 60.5 Å². The van der Waals surface area contributed by atoms with Crippen molar-refractivity contribution in [2.45, 2.75) is 5.92 Å². The first-order chi connectivity index (χ1) is 24.8. The van der Waals surface area contributed by atoms with Crippen molar-refractivity contribution in [3.63, 3.8) is 0 Å². The second-order valence-corrected chi connectivity index (χ2v) is 13.3. The number of hydrogen-bond donors (Lipinski definition) is 0. The number of benzene rings is 7. The summed E-state index contributed by atoms with van der Waals surface area (Å²) >= 11 is 0. The van der Waals surface area contributed by atoms with Gasteiger partial charge in [-0.2, -0.15) is 0 Å². The van der Waals surface area contributed by atoms with Crippen LogP contribution in [0.4, 0.5) is 17.1 Å². The zero-order valence-corrected chi connectivity index (χ0v) is 27.5. The molecule has 2 heteroatoms. The highest BCUT2D eigenvalue weighted by Gasteiger charge is 2.28. The molecule has 0 radical (unpaired) electrons. The van der Waals surface area contributed by atoms with Crippen LogP contribution in [-0.4, -0.2) is 4.57 Å². The Morgan fingerprint density at radius 2 is 1.08 bits per heavy atom. The van der Waals surface area contributed by atoms with E-state index in [9.17, 15) is 0 Å². The summed E-state index contributed by atoms with van der Waals surface area (Å²) in [5.41, 5.74) is 12.0. The average Bonchev–Trinajstić information content (AvgIpc) is 3.53. The van der Waals surface area contributed by atoms with E-state index in [-0.39, 0.29) is 0 Å². The summed E-state index contributed by atoms with van der Waals surface area (Å²) in [5, 5.41) is 5.07. The van der Waals surface area contributed by atoms with E-state index in [0.717, 1.165) is 17.1 Å². The van der Waals surface area contributed by atoms with Gasteiger partial charge in [0.05, 0.1) is 16.7 Å². The van der Waals surface area contributed by atoms with Crippen molar-refractivity contribution in [3.8, 4) is 16.8 Å². The molecule has 0 bridgehead atoms. The van der Waals surface area contributed by atoms with Crippen LogP contribution in [0.25, 0.3) is 55.5 Å². The van der Waals surface area contributed by atoms with Gasteiger partial charge >= 0.3 is 0 Å². The van der Waals surface area contributed by atoms with Crippen molar-refractivity contribution < 1.29 is 0 Å². The first-order valence-corrected chi connectivity index (χ1v) is 17.4. The highest BCUT2D eigenvalue weighted by Crippen LogP contribution is 2.48. The molecule has 8 aromatic rings. The minimum atomic E-state index is 0.326. The molecule has 0 spiro atoms. The topological polar surface area (TPSA) is 8.17 Å². The Hall–Kier alpha value is -6.38. The molecule has 2 aliphatic rings. The second-order valence-electron chi connectivity index (χ2n) is 13.3. The summed E-state index contributed by atoms with van der Waals surface area (Å²) in [6, 6.07) is 57.6. The largest absolute Gasteiger partial charge is 0.310 e. The third-order valence-electron chi connectivity index (χ3n) is 10.5. The number of nitrogens with zero attached hydrogens (tertiary/aromatic N) is 2. The highest BCUT2D eigenvalue weighted by molar-refractivity contribution is 6.09. The molecule has 0 aliphatic heterocycles. The van der Waals surface area contributed by atoms with E-state index in [4.69, 9.17) is 0 Å². The van der Waals surface area contributed by atoms with Crippen molar-refractivity contribution in [2.75, 3.05) is 4.90 Å². The molecule has 0 fully saturated rings. The van der Waals surface area contributed by atoms with Crippen molar-refractivity contribution >= 4 is 55.7 Å². The summed E-state index contributed by atoms with van der Waals surface area (Å²) in [5.74, 6) is 0.704. The second kappa shape index (κ2) is 11.6. The lowest BCUT2D eigenvalue weighted by atomic mass is 9.75. The summed E-state index contributed by atoms with van der Waals surface area (Å²) in [6.45, 7) is 0. The van der Waals surface area contributed by atoms with Crippen LogP contribution in [0.2, 0.25) is 0 Å². The van der Waals surface area contributed by atoms with Gasteiger partial charge < -0.3 is 9.47 Å². The summed E-state index contributed by atoms with van der Waals surface area (Å²) in [6.07, 6.45) is 13.8. The van der Waals surface area contributed by atoms with Gasteiger partial charge in [0.15, 0.2) is 0 Å². The van der Waals surface area contributed by atoms with Crippen molar-refractivity contribution in [1.29, 1.82) is 0 Å². The molecule has 2 unspecified atom stereocenters. The minimum absolute atomic E-state index is 0.326. The molecule has 1 heterocycles. The highest BCUT2D eigenvalue weighted by atomic mass is 15.1. The fourth-order valence-corrected chi connectivity index (χ4v) is 8.26. The van der Waals surface area contributed by atoms with E-state index in [1.807, 2.05) is 0 Å². The molecule has 2 nitrogen and oxygen atoms in total. The Balaban J connectivity index is 1.28. The average molecular weight is 639 g/mol. The van der Waals surface area contributed by atoms with Crippen LogP contribution < -0.4 is 4.90 Å². The molecule has 0 amide bonds. The summed E-state index contributed by atoms with van der Waals surface area (Å²) < 4.78 is 2.43. The Kier molecular flexibility index (Phi) is 6.67. The third-order valence-corrected chi connectivity index (χ3v) is 10.5. The number of rotatable bonds is 5. The van der Waals surface area contributed by atoms with Gasteiger partial charge in [-0.25, -0.2) is 0 Å². The molecule has 2 atom stereocenters. The van der Waals surface area contributed by atoms with E-state index < -0.39 is 0 Å². The Bertz CT molecular complexity index is 2600. The van der Waals surface area contributed by atoms with Crippen LogP contribution in [0.1, 0.15) is 17.0 Å². The number of fused-ring (bicyclic) bond motifs is 8. The van der Waals surface area contributed by atoms with E-state index >= 15 is 0 Å². The molecular formula is C48H34N2. The molecule has 0 saturated heterocycles. The Morgan fingerprint density at radius 3 is 1.82 bits per heavy atom. The van der Waals surface area contributed by atoms with Crippen molar-refractivity contribution in [3.05, 3.63) is 199 Å². The third kappa shape index (κ3) is 4.57. The standard InChI is InChI=1S/C48H34N2/c1-3-15-33(16-4-1)36-29-38(32-39(30-36)50-45-25-13-11-21-41(45)42-22-12-14-26-46(42)50)49(37-18-5-2-6-19-37)47-31-35-28-27-34-17-7-8-20-40(34)48(35)44-24-10-9-23-43(44)47/h1-32,34,40H. The lowest BCUT2D eigenvalue weighted by Crippen LogP contribution is -2.16. The molecule has 236 valence electrons. The maximum absolute atomic E-state index is 2.46. The fourth-order valence-electron chi connectivity index (χ4n) is 8.26. The molecule has 0 N–H and O–H groups in total. The van der Waals surface area contributed by atoms with Gasteiger partial charge in [0.1, 0.15) is 0 Å². The minimum Gasteiger partial charge on any atom is -0.310 e. The summed E-state index contributed by atoms with van der Waals surface area (Å²) in [4.78, 5) is 2.46. The molecule has 1 aromatic heterocycles. The Labute approximate surface area is 292 Å². The van der Waals surface area contributed by atoms with Gasteiger partial charge in [-0.05, 0) is 76.2 Å². The number of para-hydroxylation sites is 3. The van der Waals surface area contributed by atoms with Gasteiger partial charge in [0.2, 0.25) is 0 Å². The quantitative estimate of drug-likeness (QED) is 0.182. The van der Waals surface area contributed by atoms with Gasteiger partial charge in [0, 0.05) is 45.1 Å². The van der Waals surface area contributed by atoms with Crippen LogP contribution in [0.3, 0.4) is 0 Å². The number of allylic oxidation sites excluding steroid dienone is 5. The smallest absolute Gasteiger partial charge is 0.0546 e. The monoisotopic (exact) mass is 638 g/mol. The predicted molar refractivity (Wildman–Crippen MR) is 212 cm³/mol. The Morgan fingerprint density at radius 1 is 0.460 bits per heavy atom. The first kappa shape index (κ1) is 28.6. The number of anilines is 3. The maximum atomic E-state index is 2.46. The van der Waals surface area contributed by atoms with Gasteiger partial charge in [-0.3, -0.25) is 0 Å². The molecule has 2 aliphatic carbocycles. The zero-order valence-electron chi connectivity index (χ0n) is 27.5. The number of aromatic nitrogens is 1. The zero-order chi connectivity index (χ0) is 33.0. The number of hydrogen-bond acceptors (Lipinski definition) is 1. The molecular weight excluding hydrogens is 605 g/mol. The predicted octanol–water partition coefficient (Wildman–Crippen LogP) is 12.9. The van der Waals surface area contributed by atoms with Gasteiger partial charge in [-0.15, -0.1) is 0 Å². The van der Waals surface area contributed by atoms with Crippen molar-refractivity contribution in [1.82, 2.24) is 4.57 Å². The molecule has 7 aromatic carbocycles. The van der Waals surface area contributed by atoms with Crippen LogP contribution in [0, 0.1) is 5.92 Å². The van der Waals surface area contributed by atoms with E-state index in [2.05, 4.69) is 204 Å². The SMILES string of the molecule is C1=CC2C=Cc3cc(N(c4ccccc4)c4cc(-c5ccccc5)cc(-n5c6ccccc6c6ccccc65)c4)c4ccccc4c3C2C=C1. The first-order valence-electron chi connectivity index (χ1n) is 17.4. The van der Waals surface area contributed by atoms with E-state index in [0.29, 0.717) is 11.8 Å².